The highest BCUT2D eigenvalue weighted by Crippen LogP contribution is 2.29. The molecular weight excluding hydrogens is 516 g/mol. The maximum Gasteiger partial charge on any atom is 0.269 e. The Labute approximate surface area is 206 Å². The fourth-order valence-corrected chi connectivity index (χ4v) is 4.66. The van der Waals surface area contributed by atoms with Gasteiger partial charge in [0, 0.05) is 38.5 Å². The molecule has 0 radical (unpaired) electrons. The third-order valence-electron chi connectivity index (χ3n) is 5.18. The molecule has 0 spiro atoms. The van der Waals surface area contributed by atoms with E-state index in [9.17, 15) is 14.9 Å². The Morgan fingerprint density at radius 2 is 1.71 bits per heavy atom. The van der Waals surface area contributed by atoms with Crippen LogP contribution in [0.2, 0.25) is 0 Å². The number of fused-ring (bicyclic) bond motifs is 1. The van der Waals surface area contributed by atoms with Crippen molar-refractivity contribution < 1.29 is 9.72 Å². The van der Waals surface area contributed by atoms with E-state index < -0.39 is 4.92 Å². The van der Waals surface area contributed by atoms with Crippen molar-refractivity contribution in [2.45, 2.75) is 0 Å². The van der Waals surface area contributed by atoms with Crippen LogP contribution in [0.25, 0.3) is 33.4 Å². The molecule has 0 unspecified atom stereocenters. The molecule has 0 aliphatic carbocycles. The van der Waals surface area contributed by atoms with Crippen LogP contribution in [0.1, 0.15) is 10.4 Å². The van der Waals surface area contributed by atoms with Gasteiger partial charge in [-0.25, -0.2) is 9.97 Å². The lowest BCUT2D eigenvalue weighted by Gasteiger charge is -2.10. The van der Waals surface area contributed by atoms with Crippen LogP contribution in [0.15, 0.2) is 88.7 Å². The molecule has 0 aliphatic rings. The number of hydrogen-bond donors (Lipinski definition) is 1. The number of pyridine rings is 1. The Kier molecular flexibility index (Phi) is 5.87. The Hall–Kier alpha value is -3.95. The maximum atomic E-state index is 13.3. The second-order valence-corrected chi connectivity index (χ2v) is 9.15. The minimum atomic E-state index is -0.447. The standard InChI is InChI=1S/C25H15BrN4O3S/c26-17-5-3-4-16(12-17)22-13-20(19-6-1-2-7-21(19)27-22)24(31)29-25-28-23(14-34-25)15-8-10-18(11-9-15)30(32)33/h1-14H,(H,28,29,31). The molecule has 5 rings (SSSR count). The number of carbonyl (C=O) groups is 1. The van der Waals surface area contributed by atoms with Gasteiger partial charge in [-0.15, -0.1) is 11.3 Å². The number of nitro benzene ring substituents is 1. The van der Waals surface area contributed by atoms with Crippen LogP contribution in [0, 0.1) is 10.1 Å². The number of thiazole rings is 1. The van der Waals surface area contributed by atoms with Crippen molar-refractivity contribution in [3.05, 3.63) is 104 Å². The molecule has 2 heterocycles. The third-order valence-corrected chi connectivity index (χ3v) is 6.43. The van der Waals surface area contributed by atoms with E-state index in [-0.39, 0.29) is 11.6 Å². The lowest BCUT2D eigenvalue weighted by molar-refractivity contribution is -0.384. The van der Waals surface area contributed by atoms with Crippen LogP contribution >= 0.6 is 27.3 Å². The van der Waals surface area contributed by atoms with Crippen molar-refractivity contribution in [2.75, 3.05) is 5.32 Å². The molecule has 166 valence electrons. The number of benzene rings is 3. The highest BCUT2D eigenvalue weighted by atomic mass is 79.9. The van der Waals surface area contributed by atoms with Gasteiger partial charge in [-0.3, -0.25) is 20.2 Å². The van der Waals surface area contributed by atoms with Gasteiger partial charge >= 0.3 is 0 Å². The largest absolute Gasteiger partial charge is 0.298 e. The molecule has 0 atom stereocenters. The predicted molar refractivity (Wildman–Crippen MR) is 137 cm³/mol. The van der Waals surface area contributed by atoms with Crippen LogP contribution in [0.4, 0.5) is 10.8 Å². The van der Waals surface area contributed by atoms with Crippen LogP contribution in [-0.2, 0) is 0 Å². The fraction of sp³-hybridized carbons (Fsp3) is 0. The van der Waals surface area contributed by atoms with E-state index in [2.05, 4.69) is 26.2 Å². The van der Waals surface area contributed by atoms with E-state index in [1.807, 2.05) is 48.5 Å². The van der Waals surface area contributed by atoms with E-state index in [0.717, 1.165) is 26.5 Å². The highest BCUT2D eigenvalue weighted by molar-refractivity contribution is 9.10. The number of carbonyl (C=O) groups excluding carboxylic acids is 1. The number of nitro groups is 1. The molecule has 1 amide bonds. The summed E-state index contributed by atoms with van der Waals surface area (Å²) in [5.41, 5.74) is 4.17. The molecule has 7 nitrogen and oxygen atoms in total. The number of nitrogens with one attached hydrogen (secondary N) is 1. The van der Waals surface area contributed by atoms with E-state index in [1.54, 1.807) is 23.6 Å². The van der Waals surface area contributed by atoms with E-state index in [1.165, 1.54) is 23.5 Å². The Morgan fingerprint density at radius 3 is 2.47 bits per heavy atom. The number of rotatable bonds is 5. The van der Waals surface area contributed by atoms with Crippen LogP contribution < -0.4 is 5.32 Å². The summed E-state index contributed by atoms with van der Waals surface area (Å²) in [4.78, 5) is 32.9. The Bertz CT molecular complexity index is 1550. The normalized spacial score (nSPS) is 10.9. The minimum Gasteiger partial charge on any atom is -0.298 e. The predicted octanol–water partition coefficient (Wildman–Crippen LogP) is 6.95. The maximum absolute atomic E-state index is 13.3. The van der Waals surface area contributed by atoms with Gasteiger partial charge < -0.3 is 0 Å². The van der Waals surface area contributed by atoms with Crippen molar-refractivity contribution in [1.29, 1.82) is 0 Å². The summed E-state index contributed by atoms with van der Waals surface area (Å²) >= 11 is 4.77. The first-order valence-corrected chi connectivity index (χ1v) is 11.8. The molecule has 34 heavy (non-hydrogen) atoms. The number of nitrogens with zero attached hydrogens (tertiary/aromatic N) is 3. The zero-order valence-electron chi connectivity index (χ0n) is 17.4. The molecular formula is C25H15BrN4O3S. The zero-order valence-corrected chi connectivity index (χ0v) is 19.8. The SMILES string of the molecule is O=C(Nc1nc(-c2ccc([N+](=O)[O-])cc2)cs1)c1cc(-c2cccc(Br)c2)nc2ccccc12. The van der Waals surface area contributed by atoms with Gasteiger partial charge in [0.15, 0.2) is 5.13 Å². The fourth-order valence-electron chi connectivity index (χ4n) is 3.54. The van der Waals surface area contributed by atoms with Crippen molar-refractivity contribution in [1.82, 2.24) is 9.97 Å². The average Bonchev–Trinajstić information content (AvgIpc) is 3.31. The summed E-state index contributed by atoms with van der Waals surface area (Å²) in [6.07, 6.45) is 0. The number of hydrogen-bond acceptors (Lipinski definition) is 6. The summed E-state index contributed by atoms with van der Waals surface area (Å²) in [5.74, 6) is -0.292. The van der Waals surface area contributed by atoms with Crippen molar-refractivity contribution in [2.24, 2.45) is 0 Å². The molecule has 1 N–H and O–H groups in total. The molecule has 0 fully saturated rings. The van der Waals surface area contributed by atoms with Gasteiger partial charge in [-0.05, 0) is 36.4 Å². The summed E-state index contributed by atoms with van der Waals surface area (Å²) in [5, 5.41) is 16.7. The first-order chi connectivity index (χ1) is 16.5. The van der Waals surface area contributed by atoms with Crippen LogP contribution in [-0.4, -0.2) is 20.8 Å². The highest BCUT2D eigenvalue weighted by Gasteiger charge is 2.16. The molecule has 3 aromatic carbocycles. The van der Waals surface area contributed by atoms with Crippen LogP contribution in [0.3, 0.4) is 0 Å². The summed E-state index contributed by atoms with van der Waals surface area (Å²) < 4.78 is 0.924. The Balaban J connectivity index is 1.46. The van der Waals surface area contributed by atoms with Crippen molar-refractivity contribution in [3.8, 4) is 22.5 Å². The molecule has 0 saturated heterocycles. The van der Waals surface area contributed by atoms with E-state index in [4.69, 9.17) is 4.98 Å². The zero-order chi connectivity index (χ0) is 23.7. The van der Waals surface area contributed by atoms with Crippen molar-refractivity contribution >= 4 is 54.9 Å². The minimum absolute atomic E-state index is 0.0123. The van der Waals surface area contributed by atoms with Gasteiger partial charge in [0.1, 0.15) is 0 Å². The number of para-hydroxylation sites is 1. The molecule has 0 bridgehead atoms. The number of halogens is 1. The smallest absolute Gasteiger partial charge is 0.269 e. The Morgan fingerprint density at radius 1 is 0.912 bits per heavy atom. The van der Waals surface area contributed by atoms with Crippen molar-refractivity contribution in [3.63, 3.8) is 0 Å². The lowest BCUT2D eigenvalue weighted by atomic mass is 10.0. The number of non-ortho nitro benzene ring substituents is 1. The summed E-state index contributed by atoms with van der Waals surface area (Å²) in [7, 11) is 0. The lowest BCUT2D eigenvalue weighted by Crippen LogP contribution is -2.13. The number of amides is 1. The van der Waals surface area contributed by atoms with Gasteiger partial charge in [0.2, 0.25) is 0 Å². The monoisotopic (exact) mass is 530 g/mol. The number of aromatic nitrogens is 2. The quantitative estimate of drug-likeness (QED) is 0.196. The van der Waals surface area contributed by atoms with Crippen LogP contribution in [0.5, 0.6) is 0 Å². The average molecular weight is 531 g/mol. The van der Waals surface area contributed by atoms with Gasteiger partial charge in [-0.1, -0.05) is 46.3 Å². The summed E-state index contributed by atoms with van der Waals surface area (Å²) in [6, 6.07) is 23.2. The summed E-state index contributed by atoms with van der Waals surface area (Å²) in [6.45, 7) is 0. The van der Waals surface area contributed by atoms with E-state index >= 15 is 0 Å². The van der Waals surface area contributed by atoms with E-state index in [0.29, 0.717) is 22.1 Å². The molecule has 2 aromatic heterocycles. The van der Waals surface area contributed by atoms with Gasteiger partial charge in [0.05, 0.1) is 27.4 Å². The van der Waals surface area contributed by atoms with Gasteiger partial charge in [0.25, 0.3) is 11.6 Å². The second kappa shape index (κ2) is 9.12. The molecule has 0 saturated carbocycles. The molecule has 9 heteroatoms. The number of anilines is 1. The molecule has 5 aromatic rings. The third kappa shape index (κ3) is 4.43. The topological polar surface area (TPSA) is 98.0 Å². The second-order valence-electron chi connectivity index (χ2n) is 7.38. The first-order valence-electron chi connectivity index (χ1n) is 10.2. The first kappa shape index (κ1) is 21.9. The van der Waals surface area contributed by atoms with Gasteiger partial charge in [-0.2, -0.15) is 0 Å². The molecule has 0 aliphatic heterocycles.